The van der Waals surface area contributed by atoms with Gasteiger partial charge in [-0.3, -0.25) is 9.59 Å². The van der Waals surface area contributed by atoms with Crippen molar-refractivity contribution in [2.45, 2.75) is 18.1 Å². The van der Waals surface area contributed by atoms with Gasteiger partial charge in [0.05, 0.1) is 11.8 Å². The number of sulfonamides is 1. The number of hydrogen-bond donors (Lipinski definition) is 1. The van der Waals surface area contributed by atoms with E-state index in [2.05, 4.69) is 5.32 Å². The van der Waals surface area contributed by atoms with E-state index in [-0.39, 0.29) is 31.4 Å². The van der Waals surface area contributed by atoms with E-state index in [0.29, 0.717) is 31.5 Å². The molecule has 1 aromatic rings. The smallest absolute Gasteiger partial charge is 0.253 e. The molecule has 1 atom stereocenters. The molecule has 2 aliphatic rings. The summed E-state index contributed by atoms with van der Waals surface area (Å²) in [5, 5.41) is 1.98. The maximum Gasteiger partial charge on any atom is 0.253 e. The molecule has 0 radical (unpaired) electrons. The van der Waals surface area contributed by atoms with Gasteiger partial charge < -0.3 is 10.2 Å². The summed E-state index contributed by atoms with van der Waals surface area (Å²) in [7, 11) is -3.59. The maximum atomic E-state index is 12.8. The van der Waals surface area contributed by atoms with Gasteiger partial charge in [-0.2, -0.15) is 4.31 Å². The number of amides is 2. The van der Waals surface area contributed by atoms with E-state index in [1.54, 1.807) is 29.2 Å². The number of carbonyl (C=O) groups excluding carboxylic acids is 2. The fourth-order valence-corrected chi connectivity index (χ4v) is 5.07. The van der Waals surface area contributed by atoms with E-state index in [1.807, 2.05) is 6.07 Å². The highest BCUT2D eigenvalue weighted by molar-refractivity contribution is 7.89. The van der Waals surface area contributed by atoms with Crippen LogP contribution in [-0.2, 0) is 14.8 Å². The molecule has 1 aromatic carbocycles. The Hall–Kier alpha value is -1.93. The second kappa shape index (κ2) is 6.90. The number of likely N-dealkylation sites (tertiary alicyclic amines) is 1. The number of nitrogens with zero attached hydrogens (tertiary/aromatic N) is 2. The molecule has 130 valence electrons. The summed E-state index contributed by atoms with van der Waals surface area (Å²) >= 11 is 0. The van der Waals surface area contributed by atoms with Crippen LogP contribution in [0.5, 0.6) is 0 Å². The lowest BCUT2D eigenvalue weighted by Gasteiger charge is -2.36. The normalized spacial score (nSPS) is 22.9. The van der Waals surface area contributed by atoms with Gasteiger partial charge in [0, 0.05) is 31.7 Å². The molecule has 2 saturated heterocycles. The van der Waals surface area contributed by atoms with Gasteiger partial charge in [0.1, 0.15) is 0 Å². The minimum atomic E-state index is -3.59. The molecule has 1 N–H and O–H groups in total. The Balaban J connectivity index is 1.73. The van der Waals surface area contributed by atoms with E-state index >= 15 is 0 Å². The molecular weight excluding hydrogens is 330 g/mol. The number of piperidine rings is 1. The van der Waals surface area contributed by atoms with Crippen molar-refractivity contribution < 1.29 is 18.0 Å². The second-order valence-corrected chi connectivity index (χ2v) is 8.32. The number of rotatable bonds is 3. The Morgan fingerprint density at radius 2 is 1.92 bits per heavy atom. The lowest BCUT2D eigenvalue weighted by molar-refractivity contribution is -0.122. The Labute approximate surface area is 141 Å². The molecule has 2 heterocycles. The average Bonchev–Trinajstić information content (AvgIpc) is 2.62. The Bertz CT molecular complexity index is 720. The van der Waals surface area contributed by atoms with Crippen molar-refractivity contribution in [3.8, 4) is 0 Å². The predicted octanol–water partition coefficient (Wildman–Crippen LogP) is 0.0528. The van der Waals surface area contributed by atoms with Gasteiger partial charge in [0.25, 0.3) is 5.91 Å². The van der Waals surface area contributed by atoms with Crippen molar-refractivity contribution in [1.29, 1.82) is 0 Å². The van der Waals surface area contributed by atoms with Crippen LogP contribution in [0.3, 0.4) is 0 Å². The lowest BCUT2D eigenvalue weighted by Crippen LogP contribution is -2.55. The molecule has 24 heavy (non-hydrogen) atoms. The van der Waals surface area contributed by atoms with Gasteiger partial charge in [0.2, 0.25) is 15.9 Å². The fraction of sp³-hybridized carbons (Fsp3) is 0.500. The molecule has 2 amide bonds. The Morgan fingerprint density at radius 3 is 2.62 bits per heavy atom. The molecule has 7 nitrogen and oxygen atoms in total. The zero-order valence-corrected chi connectivity index (χ0v) is 14.2. The minimum Gasteiger partial charge on any atom is -0.354 e. The first-order valence-corrected chi connectivity index (χ1v) is 9.59. The summed E-state index contributed by atoms with van der Waals surface area (Å²) in [6, 6.07) is 8.88. The van der Waals surface area contributed by atoms with Crippen molar-refractivity contribution in [3.05, 3.63) is 35.9 Å². The molecule has 0 aliphatic carbocycles. The van der Waals surface area contributed by atoms with E-state index < -0.39 is 15.3 Å². The van der Waals surface area contributed by atoms with Gasteiger partial charge in [0.15, 0.2) is 0 Å². The zero-order valence-electron chi connectivity index (χ0n) is 13.3. The summed E-state index contributed by atoms with van der Waals surface area (Å²) in [4.78, 5) is 25.6. The molecule has 0 saturated carbocycles. The fourth-order valence-electron chi connectivity index (χ4n) is 3.17. The van der Waals surface area contributed by atoms with Gasteiger partial charge in [-0.05, 0) is 25.0 Å². The van der Waals surface area contributed by atoms with E-state index in [4.69, 9.17) is 0 Å². The largest absolute Gasteiger partial charge is 0.354 e. The van der Waals surface area contributed by atoms with Crippen molar-refractivity contribution in [1.82, 2.24) is 14.5 Å². The second-order valence-electron chi connectivity index (χ2n) is 6.11. The molecule has 0 unspecified atom stereocenters. The summed E-state index contributed by atoms with van der Waals surface area (Å²) < 4.78 is 26.8. The van der Waals surface area contributed by atoms with Crippen LogP contribution >= 0.6 is 0 Å². The van der Waals surface area contributed by atoms with Crippen molar-refractivity contribution >= 4 is 21.8 Å². The first-order chi connectivity index (χ1) is 11.5. The average molecular weight is 351 g/mol. The Morgan fingerprint density at radius 1 is 1.17 bits per heavy atom. The third-order valence-electron chi connectivity index (χ3n) is 4.47. The third kappa shape index (κ3) is 3.44. The van der Waals surface area contributed by atoms with E-state index in [9.17, 15) is 18.0 Å². The van der Waals surface area contributed by atoms with E-state index in [1.165, 1.54) is 4.31 Å². The lowest BCUT2D eigenvalue weighted by atomic mass is 10.1. The summed E-state index contributed by atoms with van der Waals surface area (Å²) in [5.41, 5.74) is 0.563. The van der Waals surface area contributed by atoms with Crippen LogP contribution in [0, 0.1) is 0 Å². The zero-order chi connectivity index (χ0) is 17.2. The molecule has 0 aromatic heterocycles. The van der Waals surface area contributed by atoms with Crippen LogP contribution in [0.2, 0.25) is 0 Å². The molecule has 3 rings (SSSR count). The number of hydrogen-bond acceptors (Lipinski definition) is 4. The highest BCUT2D eigenvalue weighted by Gasteiger charge is 2.38. The highest BCUT2D eigenvalue weighted by atomic mass is 32.2. The number of piperazine rings is 1. The summed E-state index contributed by atoms with van der Waals surface area (Å²) in [5.74, 6) is -0.426. The number of nitrogens with one attached hydrogen (secondary N) is 1. The Kier molecular flexibility index (Phi) is 4.86. The molecule has 0 spiro atoms. The van der Waals surface area contributed by atoms with Gasteiger partial charge in [-0.1, -0.05) is 18.2 Å². The van der Waals surface area contributed by atoms with Crippen LogP contribution in [0.25, 0.3) is 0 Å². The first kappa shape index (κ1) is 16.9. The van der Waals surface area contributed by atoms with Crippen LogP contribution < -0.4 is 5.32 Å². The first-order valence-electron chi connectivity index (χ1n) is 8.08. The molecule has 8 heteroatoms. The highest BCUT2D eigenvalue weighted by Crippen LogP contribution is 2.22. The molecule has 2 fully saturated rings. The standard InChI is InChI=1S/C16H21N3O4S/c20-15-12-19(10-8-17-15)24(22,23)14-7-4-9-18(11-14)16(21)13-5-2-1-3-6-13/h1-3,5-6,14H,4,7-12H2,(H,17,20)/t14-/m1/s1. The minimum absolute atomic E-state index is 0.133. The van der Waals surface area contributed by atoms with Crippen LogP contribution in [0.15, 0.2) is 30.3 Å². The number of benzene rings is 1. The van der Waals surface area contributed by atoms with Crippen LogP contribution in [0.1, 0.15) is 23.2 Å². The molecule has 0 bridgehead atoms. The monoisotopic (exact) mass is 351 g/mol. The van der Waals surface area contributed by atoms with E-state index in [0.717, 1.165) is 0 Å². The third-order valence-corrected chi connectivity index (χ3v) is 6.73. The number of carbonyl (C=O) groups is 2. The predicted molar refractivity (Wildman–Crippen MR) is 88.9 cm³/mol. The summed E-state index contributed by atoms with van der Waals surface area (Å²) in [6.45, 7) is 1.22. The SMILES string of the molecule is O=C1CN(S(=O)(=O)[C@@H]2CCCN(C(=O)c3ccccc3)C2)CCN1. The van der Waals surface area contributed by atoms with Crippen LogP contribution in [0.4, 0.5) is 0 Å². The summed E-state index contributed by atoms with van der Waals surface area (Å²) in [6.07, 6.45) is 1.15. The quantitative estimate of drug-likeness (QED) is 0.834. The molecule has 2 aliphatic heterocycles. The maximum absolute atomic E-state index is 12.8. The topological polar surface area (TPSA) is 86.8 Å². The molecular formula is C16H21N3O4S. The van der Waals surface area contributed by atoms with Gasteiger partial charge >= 0.3 is 0 Å². The van der Waals surface area contributed by atoms with Gasteiger partial charge in [-0.25, -0.2) is 8.42 Å². The van der Waals surface area contributed by atoms with Crippen molar-refractivity contribution in [3.63, 3.8) is 0 Å². The van der Waals surface area contributed by atoms with Crippen LogP contribution in [-0.4, -0.2) is 67.4 Å². The van der Waals surface area contributed by atoms with Gasteiger partial charge in [-0.15, -0.1) is 0 Å². The van der Waals surface area contributed by atoms with Crippen molar-refractivity contribution in [2.75, 3.05) is 32.7 Å². The van der Waals surface area contributed by atoms with Crippen molar-refractivity contribution in [2.24, 2.45) is 0 Å².